The number of benzene rings is 1. The summed E-state index contributed by atoms with van der Waals surface area (Å²) in [7, 11) is 0. The first-order chi connectivity index (χ1) is 16.1. The summed E-state index contributed by atoms with van der Waals surface area (Å²) in [4.78, 5) is 14.1. The Morgan fingerprint density at radius 1 is 1.12 bits per heavy atom. The van der Waals surface area contributed by atoms with Gasteiger partial charge in [-0.15, -0.1) is 0 Å². The van der Waals surface area contributed by atoms with Gasteiger partial charge in [0.25, 0.3) is 0 Å². The number of aromatic amines is 1. The molecule has 0 radical (unpaired) electrons. The monoisotopic (exact) mass is 441 g/mol. The molecule has 3 saturated carbocycles. The van der Waals surface area contributed by atoms with Crippen molar-refractivity contribution >= 4 is 16.7 Å². The summed E-state index contributed by atoms with van der Waals surface area (Å²) in [6.45, 7) is 8.17. The Hall–Kier alpha value is -2.37. The topological polar surface area (TPSA) is 47.2 Å². The van der Waals surface area contributed by atoms with E-state index in [0.29, 0.717) is 17.6 Å². The van der Waals surface area contributed by atoms with Crippen LogP contribution >= 0.6 is 0 Å². The molecule has 5 aliphatic rings. The number of fused-ring (bicyclic) bond motifs is 3. The molecule has 0 amide bonds. The second-order valence-electron chi connectivity index (χ2n) is 11.2. The van der Waals surface area contributed by atoms with Crippen LogP contribution < -0.4 is 5.32 Å². The van der Waals surface area contributed by atoms with E-state index in [9.17, 15) is 0 Å². The third kappa shape index (κ3) is 3.01. The van der Waals surface area contributed by atoms with E-state index in [4.69, 9.17) is 4.98 Å². The minimum Gasteiger partial charge on any atom is -0.365 e. The maximum Gasteiger partial charge on any atom is 0.126 e. The summed E-state index contributed by atoms with van der Waals surface area (Å²) >= 11 is 0. The van der Waals surface area contributed by atoms with Gasteiger partial charge in [0.1, 0.15) is 5.82 Å². The second kappa shape index (κ2) is 7.31. The number of hydrogen-bond acceptors (Lipinski definition) is 4. The summed E-state index contributed by atoms with van der Waals surface area (Å²) in [6.07, 6.45) is 8.64. The standard InChI is InChI=1S/C28H35N5/c1-3-10-32-16-21(17-32)30-25-9-8-20(15-29-25)27-26-23(22-6-4-5-7-24(22)31-26)11-18(2)33(27)28-12-19(13-28)14-28/h4-9,15,18-19,21,27,31H,3,10-14,16-17H2,1-2H3,(H,29,30)/t18-,19?,27-,28?/m1/s1. The van der Waals surface area contributed by atoms with Crippen molar-refractivity contribution in [2.24, 2.45) is 5.92 Å². The number of anilines is 1. The van der Waals surface area contributed by atoms with Crippen LogP contribution in [0.3, 0.4) is 0 Å². The molecule has 1 aromatic carbocycles. The van der Waals surface area contributed by atoms with E-state index in [1.54, 1.807) is 0 Å². The Labute approximate surface area is 196 Å². The maximum atomic E-state index is 4.90. The number of nitrogens with zero attached hydrogens (tertiary/aromatic N) is 3. The molecule has 1 saturated heterocycles. The van der Waals surface area contributed by atoms with Crippen molar-refractivity contribution in [1.82, 2.24) is 19.8 Å². The molecule has 0 unspecified atom stereocenters. The Bertz CT molecular complexity index is 1160. The highest BCUT2D eigenvalue weighted by atomic mass is 15.3. The van der Waals surface area contributed by atoms with Gasteiger partial charge in [-0.1, -0.05) is 31.2 Å². The maximum absolute atomic E-state index is 4.90. The van der Waals surface area contributed by atoms with Crippen molar-refractivity contribution in [3.63, 3.8) is 0 Å². The fourth-order valence-electron chi connectivity index (χ4n) is 7.30. The van der Waals surface area contributed by atoms with Crippen molar-refractivity contribution in [2.45, 2.75) is 69.6 Å². The quantitative estimate of drug-likeness (QED) is 0.568. The van der Waals surface area contributed by atoms with Crippen molar-refractivity contribution in [3.05, 3.63) is 59.4 Å². The van der Waals surface area contributed by atoms with E-state index in [1.807, 2.05) is 0 Å². The average Bonchev–Trinajstić information content (AvgIpc) is 3.09. The van der Waals surface area contributed by atoms with Crippen LogP contribution in [0.15, 0.2) is 42.6 Å². The van der Waals surface area contributed by atoms with Crippen LogP contribution in [0.25, 0.3) is 10.9 Å². The van der Waals surface area contributed by atoms with E-state index < -0.39 is 0 Å². The van der Waals surface area contributed by atoms with Crippen LogP contribution in [-0.2, 0) is 6.42 Å². The lowest BCUT2D eigenvalue weighted by Gasteiger charge is -2.70. The molecule has 2 aromatic heterocycles. The highest BCUT2D eigenvalue weighted by Gasteiger charge is 2.63. The van der Waals surface area contributed by atoms with Crippen LogP contribution in [-0.4, -0.2) is 57.0 Å². The van der Waals surface area contributed by atoms with Gasteiger partial charge in [-0.05, 0) is 74.8 Å². The predicted octanol–water partition coefficient (Wildman–Crippen LogP) is 4.96. The number of rotatable bonds is 6. The third-order valence-corrected chi connectivity index (χ3v) is 8.88. The average molecular weight is 442 g/mol. The molecule has 2 aliphatic heterocycles. The van der Waals surface area contributed by atoms with Crippen molar-refractivity contribution in [3.8, 4) is 0 Å². The lowest BCUT2D eigenvalue weighted by atomic mass is 9.48. The Balaban J connectivity index is 1.22. The lowest BCUT2D eigenvalue weighted by molar-refractivity contribution is -0.174. The molecule has 5 nitrogen and oxygen atoms in total. The number of hydrogen-bond donors (Lipinski definition) is 2. The number of H-pyrrole nitrogens is 1. The Morgan fingerprint density at radius 2 is 1.94 bits per heavy atom. The van der Waals surface area contributed by atoms with Gasteiger partial charge in [-0.25, -0.2) is 4.98 Å². The second-order valence-corrected chi connectivity index (χ2v) is 11.2. The molecular weight excluding hydrogens is 406 g/mol. The van der Waals surface area contributed by atoms with Gasteiger partial charge in [-0.3, -0.25) is 9.80 Å². The number of nitrogens with one attached hydrogen (secondary N) is 2. The molecule has 33 heavy (non-hydrogen) atoms. The zero-order valence-corrected chi connectivity index (χ0v) is 19.8. The van der Waals surface area contributed by atoms with Crippen molar-refractivity contribution in [1.29, 1.82) is 0 Å². The van der Waals surface area contributed by atoms with Crippen LogP contribution in [0.5, 0.6) is 0 Å². The molecule has 4 fully saturated rings. The highest BCUT2D eigenvalue weighted by molar-refractivity contribution is 5.85. The Morgan fingerprint density at radius 3 is 2.64 bits per heavy atom. The highest BCUT2D eigenvalue weighted by Crippen LogP contribution is 2.64. The first kappa shape index (κ1) is 20.0. The van der Waals surface area contributed by atoms with Crippen molar-refractivity contribution < 1.29 is 0 Å². The zero-order valence-electron chi connectivity index (χ0n) is 19.8. The summed E-state index contributed by atoms with van der Waals surface area (Å²) in [5, 5.41) is 5.04. The van der Waals surface area contributed by atoms with E-state index in [-0.39, 0.29) is 6.04 Å². The van der Waals surface area contributed by atoms with E-state index in [2.05, 4.69) is 76.5 Å². The number of aromatic nitrogens is 2. The summed E-state index contributed by atoms with van der Waals surface area (Å²) in [5.41, 5.74) is 5.92. The van der Waals surface area contributed by atoms with Crippen LogP contribution in [0, 0.1) is 5.92 Å². The van der Waals surface area contributed by atoms with E-state index in [0.717, 1.165) is 31.2 Å². The molecule has 2 N–H and O–H groups in total. The minimum atomic E-state index is 0.266. The van der Waals surface area contributed by atoms with Gasteiger partial charge in [0.2, 0.25) is 0 Å². The van der Waals surface area contributed by atoms with E-state index in [1.165, 1.54) is 60.0 Å². The first-order valence-corrected chi connectivity index (χ1v) is 13.0. The van der Waals surface area contributed by atoms with Crippen LogP contribution in [0.1, 0.15) is 62.4 Å². The normalized spacial score (nSPS) is 31.5. The van der Waals surface area contributed by atoms with Gasteiger partial charge in [-0.2, -0.15) is 0 Å². The lowest BCUT2D eigenvalue weighted by Crippen LogP contribution is -2.71. The molecule has 2 bridgehead atoms. The van der Waals surface area contributed by atoms with Gasteiger partial charge in [0, 0.05) is 47.5 Å². The van der Waals surface area contributed by atoms with Gasteiger partial charge in [0.15, 0.2) is 0 Å². The largest absolute Gasteiger partial charge is 0.365 e. The van der Waals surface area contributed by atoms with E-state index >= 15 is 0 Å². The molecule has 0 spiro atoms. The van der Waals surface area contributed by atoms with Crippen LogP contribution in [0.4, 0.5) is 5.82 Å². The number of para-hydroxylation sites is 1. The molecule has 3 aromatic rings. The van der Waals surface area contributed by atoms with Crippen LogP contribution in [0.2, 0.25) is 0 Å². The fourth-order valence-corrected chi connectivity index (χ4v) is 7.30. The van der Waals surface area contributed by atoms with Crippen molar-refractivity contribution in [2.75, 3.05) is 25.0 Å². The molecule has 172 valence electrons. The fraction of sp³-hybridized carbons (Fsp3) is 0.536. The van der Waals surface area contributed by atoms with Gasteiger partial charge in [0.05, 0.1) is 12.1 Å². The van der Waals surface area contributed by atoms with Gasteiger partial charge >= 0.3 is 0 Å². The Kier molecular flexibility index (Phi) is 4.44. The molecule has 8 rings (SSSR count). The summed E-state index contributed by atoms with van der Waals surface area (Å²) < 4.78 is 0. The summed E-state index contributed by atoms with van der Waals surface area (Å²) in [6, 6.07) is 14.7. The molecular formula is C28H35N5. The molecule has 2 atom stereocenters. The zero-order chi connectivity index (χ0) is 22.2. The minimum absolute atomic E-state index is 0.266. The number of pyridine rings is 1. The third-order valence-electron chi connectivity index (χ3n) is 8.88. The molecule has 3 aliphatic carbocycles. The SMILES string of the molecule is CCCN1CC(Nc2ccc([C@@H]3c4[nH]c5ccccc5c4C[C@@H](C)N3C34CC(C3)C4)cn2)C1. The smallest absolute Gasteiger partial charge is 0.126 e. The molecule has 5 heteroatoms. The molecule has 4 heterocycles. The van der Waals surface area contributed by atoms with Gasteiger partial charge < -0.3 is 10.3 Å². The predicted molar refractivity (Wildman–Crippen MR) is 134 cm³/mol. The number of likely N-dealkylation sites (tertiary alicyclic amines) is 1. The first-order valence-electron chi connectivity index (χ1n) is 13.0. The summed E-state index contributed by atoms with van der Waals surface area (Å²) in [5.74, 6) is 1.99.